The molecule has 2 rings (SSSR count). The van der Waals surface area contributed by atoms with Gasteiger partial charge in [-0.1, -0.05) is 68.0 Å². The minimum atomic E-state index is -0.624. The van der Waals surface area contributed by atoms with Crippen molar-refractivity contribution in [1.29, 1.82) is 0 Å². The Bertz CT molecular complexity index is 687. The van der Waals surface area contributed by atoms with Gasteiger partial charge in [-0.25, -0.2) is 0 Å². The number of rotatable bonds is 13. The number of carbonyl (C=O) groups is 1. The van der Waals surface area contributed by atoms with E-state index in [1.165, 1.54) is 0 Å². The van der Waals surface area contributed by atoms with Gasteiger partial charge in [0.05, 0.1) is 24.9 Å². The van der Waals surface area contributed by atoms with Gasteiger partial charge in [0.2, 0.25) is 0 Å². The third-order valence-corrected chi connectivity index (χ3v) is 5.85. The van der Waals surface area contributed by atoms with E-state index in [0.717, 1.165) is 38.4 Å². The van der Waals surface area contributed by atoms with Crippen LogP contribution >= 0.6 is 0 Å². The number of unbranched alkanes of at least 4 members (excludes halogenated alkanes) is 2. The first-order chi connectivity index (χ1) is 16.0. The van der Waals surface area contributed by atoms with Crippen LogP contribution in [0.5, 0.6) is 0 Å². The summed E-state index contributed by atoms with van der Waals surface area (Å²) in [5.74, 6) is -0.403. The van der Waals surface area contributed by atoms with Crippen LogP contribution in [0.1, 0.15) is 57.4 Å². The number of esters is 1. The lowest BCUT2D eigenvalue weighted by atomic mass is 9.89. The van der Waals surface area contributed by atoms with Gasteiger partial charge in [0.25, 0.3) is 0 Å². The lowest BCUT2D eigenvalue weighted by molar-refractivity contribution is -0.143. The highest BCUT2D eigenvalue weighted by molar-refractivity contribution is 5.69. The van der Waals surface area contributed by atoms with E-state index in [9.17, 15) is 20.1 Å². The van der Waals surface area contributed by atoms with E-state index in [4.69, 9.17) is 9.84 Å². The van der Waals surface area contributed by atoms with Gasteiger partial charge >= 0.3 is 5.97 Å². The fraction of sp³-hybridized carbons (Fsp3) is 0.593. The van der Waals surface area contributed by atoms with Crippen LogP contribution in [0.15, 0.2) is 54.6 Å². The van der Waals surface area contributed by atoms with Crippen molar-refractivity contribution in [2.45, 2.75) is 76.6 Å². The van der Waals surface area contributed by atoms with E-state index in [0.29, 0.717) is 32.3 Å². The Kier molecular flexibility index (Phi) is 15.4. The zero-order valence-electron chi connectivity index (χ0n) is 20.1. The molecule has 6 heteroatoms. The molecule has 186 valence electrons. The largest absolute Gasteiger partial charge is 0.466 e. The van der Waals surface area contributed by atoms with Crippen LogP contribution in [-0.2, 0) is 16.0 Å². The van der Waals surface area contributed by atoms with E-state index < -0.39 is 18.3 Å². The molecule has 1 saturated carbocycles. The summed E-state index contributed by atoms with van der Waals surface area (Å²) in [4.78, 5) is 11.6. The summed E-state index contributed by atoms with van der Waals surface area (Å²) in [5, 5.41) is 38.0. The van der Waals surface area contributed by atoms with Crippen molar-refractivity contribution in [3.8, 4) is 0 Å². The molecule has 1 aromatic rings. The molecule has 5 atom stereocenters. The molecule has 6 nitrogen and oxygen atoms in total. The Balaban J connectivity index is 0.00000265. The molecule has 1 aromatic carbocycles. The highest BCUT2D eigenvalue weighted by Crippen LogP contribution is 2.36. The minimum Gasteiger partial charge on any atom is -0.466 e. The number of allylic oxidation sites excluding steroid dienone is 2. The van der Waals surface area contributed by atoms with Crippen LogP contribution in [0.25, 0.3) is 0 Å². The zero-order chi connectivity index (χ0) is 24.5. The number of benzene rings is 1. The predicted octanol–water partition coefficient (Wildman–Crippen LogP) is 3.57. The van der Waals surface area contributed by atoms with Gasteiger partial charge in [0, 0.05) is 32.3 Å². The van der Waals surface area contributed by atoms with Gasteiger partial charge in [-0.15, -0.1) is 0 Å². The van der Waals surface area contributed by atoms with Crippen LogP contribution in [0, 0.1) is 11.8 Å². The van der Waals surface area contributed by atoms with Crippen molar-refractivity contribution >= 4 is 5.97 Å². The van der Waals surface area contributed by atoms with Crippen molar-refractivity contribution in [2.75, 3.05) is 13.7 Å². The fourth-order valence-corrected chi connectivity index (χ4v) is 4.02. The van der Waals surface area contributed by atoms with Crippen LogP contribution in [0.2, 0.25) is 0 Å². The van der Waals surface area contributed by atoms with Crippen LogP contribution in [0.4, 0.5) is 0 Å². The van der Waals surface area contributed by atoms with Crippen LogP contribution < -0.4 is 0 Å². The second kappa shape index (κ2) is 17.5. The third kappa shape index (κ3) is 11.6. The molecule has 33 heavy (non-hydrogen) atoms. The number of ether oxygens (including phenoxy) is 1. The number of aliphatic hydroxyl groups is 4. The fourth-order valence-electron chi connectivity index (χ4n) is 4.02. The summed E-state index contributed by atoms with van der Waals surface area (Å²) in [6.45, 7) is 2.56. The van der Waals surface area contributed by atoms with Crippen molar-refractivity contribution in [1.82, 2.24) is 0 Å². The van der Waals surface area contributed by atoms with Crippen molar-refractivity contribution in [3.05, 3.63) is 60.2 Å². The number of hydrogen-bond acceptors (Lipinski definition) is 6. The number of carbonyl (C=O) groups excluding carboxylic acids is 1. The quantitative estimate of drug-likeness (QED) is 0.203. The van der Waals surface area contributed by atoms with E-state index >= 15 is 0 Å². The molecule has 1 aliphatic carbocycles. The molecule has 0 aromatic heterocycles. The average Bonchev–Trinajstić information content (AvgIpc) is 3.09. The summed E-state index contributed by atoms with van der Waals surface area (Å²) < 4.78 is 5.14. The van der Waals surface area contributed by atoms with Crippen molar-refractivity contribution < 1.29 is 30.0 Å². The average molecular weight is 463 g/mol. The Labute approximate surface area is 198 Å². The first-order valence-electron chi connectivity index (χ1n) is 12.0. The Morgan fingerprint density at radius 3 is 2.55 bits per heavy atom. The molecular weight excluding hydrogens is 420 g/mol. The van der Waals surface area contributed by atoms with Crippen LogP contribution in [-0.4, -0.2) is 58.4 Å². The van der Waals surface area contributed by atoms with E-state index in [1.54, 1.807) is 6.08 Å². The van der Waals surface area contributed by atoms with Crippen molar-refractivity contribution in [3.63, 3.8) is 0 Å². The summed E-state index contributed by atoms with van der Waals surface area (Å²) in [6.07, 6.45) is 11.3. The topological polar surface area (TPSA) is 107 Å². The monoisotopic (exact) mass is 462 g/mol. The standard InChI is InChI=1S/C26H38O5.CH4O/c1-2-3-17-31-26(30)14-10-5-4-9-13-22-23(25(29)19-24(22)28)16-15-21(27)18-20-11-7-6-8-12-20;1-2/h4,6-9,11-12,15-16,21-25,27-29H,2-3,5,10,13-14,17-19H2,1H3;2H,1H3/b9-4-,16-15+;/t21-,22-,23?,24+,25-;/m1./s1. The van der Waals surface area contributed by atoms with E-state index in [-0.39, 0.29) is 17.8 Å². The Hall–Kier alpha value is -1.99. The molecule has 0 saturated heterocycles. The molecule has 0 bridgehead atoms. The van der Waals surface area contributed by atoms with Crippen molar-refractivity contribution in [2.24, 2.45) is 11.8 Å². The smallest absolute Gasteiger partial charge is 0.305 e. The molecule has 0 heterocycles. The molecule has 4 N–H and O–H groups in total. The van der Waals surface area contributed by atoms with E-state index in [2.05, 4.69) is 6.92 Å². The first kappa shape index (κ1) is 29.0. The van der Waals surface area contributed by atoms with Crippen LogP contribution in [0.3, 0.4) is 0 Å². The summed E-state index contributed by atoms with van der Waals surface area (Å²) in [7, 11) is 1.00. The second-order valence-electron chi connectivity index (χ2n) is 8.43. The lowest BCUT2D eigenvalue weighted by Crippen LogP contribution is -2.20. The molecule has 1 aliphatic rings. The number of aliphatic hydroxyl groups excluding tert-OH is 4. The lowest BCUT2D eigenvalue weighted by Gasteiger charge is -2.19. The SMILES string of the molecule is CCCCOC(=O)CCC/C=C\C[C@@H]1C(/C=C/[C@@H](O)Cc2ccccc2)[C@H](O)C[C@@H]1O.CO. The summed E-state index contributed by atoms with van der Waals surface area (Å²) in [6, 6.07) is 9.79. The van der Waals surface area contributed by atoms with Gasteiger partial charge in [0.15, 0.2) is 0 Å². The molecule has 0 spiro atoms. The van der Waals surface area contributed by atoms with Gasteiger partial charge in [-0.3, -0.25) is 4.79 Å². The van der Waals surface area contributed by atoms with Gasteiger partial charge in [-0.05, 0) is 37.2 Å². The van der Waals surface area contributed by atoms with E-state index in [1.807, 2.05) is 48.6 Å². The highest BCUT2D eigenvalue weighted by Gasteiger charge is 2.39. The Morgan fingerprint density at radius 2 is 1.85 bits per heavy atom. The molecule has 0 radical (unpaired) electrons. The second-order valence-corrected chi connectivity index (χ2v) is 8.43. The minimum absolute atomic E-state index is 0.0783. The number of hydrogen-bond donors (Lipinski definition) is 4. The summed E-state index contributed by atoms with van der Waals surface area (Å²) in [5.41, 5.74) is 1.06. The van der Waals surface area contributed by atoms with Gasteiger partial charge in [-0.2, -0.15) is 0 Å². The van der Waals surface area contributed by atoms with Gasteiger partial charge in [0.1, 0.15) is 0 Å². The Morgan fingerprint density at radius 1 is 1.12 bits per heavy atom. The predicted molar refractivity (Wildman–Crippen MR) is 131 cm³/mol. The van der Waals surface area contributed by atoms with Gasteiger partial charge < -0.3 is 25.2 Å². The highest BCUT2D eigenvalue weighted by atomic mass is 16.5. The maximum atomic E-state index is 11.6. The molecule has 0 amide bonds. The maximum absolute atomic E-state index is 11.6. The molecule has 1 fully saturated rings. The molecule has 0 aliphatic heterocycles. The first-order valence-corrected chi connectivity index (χ1v) is 12.0. The normalized spacial score (nSPS) is 23.5. The summed E-state index contributed by atoms with van der Waals surface area (Å²) >= 11 is 0. The molecular formula is C27H42O6. The molecule has 1 unspecified atom stereocenters. The third-order valence-electron chi connectivity index (χ3n) is 5.85. The maximum Gasteiger partial charge on any atom is 0.305 e. The zero-order valence-corrected chi connectivity index (χ0v) is 20.1.